The van der Waals surface area contributed by atoms with Crippen LogP contribution in [0.3, 0.4) is 0 Å². The topological polar surface area (TPSA) is 114 Å². The van der Waals surface area contributed by atoms with Gasteiger partial charge < -0.3 is 14.6 Å². The van der Waals surface area contributed by atoms with Crippen LogP contribution in [0.4, 0.5) is 4.79 Å². The van der Waals surface area contributed by atoms with Gasteiger partial charge in [-0.05, 0) is 0 Å². The predicted octanol–water partition coefficient (Wildman–Crippen LogP) is -1.81. The first-order chi connectivity index (χ1) is 7.02. The molecule has 0 aliphatic heterocycles. The van der Waals surface area contributed by atoms with Crippen LogP contribution < -0.4 is 9.44 Å². The van der Waals surface area contributed by atoms with E-state index in [1.54, 1.807) is 4.72 Å². The highest BCUT2D eigenvalue weighted by atomic mass is 32.2. The number of hydrogen-bond acceptors (Lipinski definition) is 6. The maximum Gasteiger partial charge on any atom is 0.421 e. The monoisotopic (exact) mass is 242 g/mol. The molecule has 0 spiro atoms. The van der Waals surface area contributed by atoms with Crippen LogP contribution in [0.15, 0.2) is 0 Å². The van der Waals surface area contributed by atoms with Gasteiger partial charge in [-0.15, -0.1) is 0 Å². The van der Waals surface area contributed by atoms with Gasteiger partial charge >= 0.3 is 16.3 Å². The summed E-state index contributed by atoms with van der Waals surface area (Å²) in [5.74, 6) is 0. The fourth-order valence-corrected chi connectivity index (χ4v) is 1.33. The van der Waals surface area contributed by atoms with Crippen LogP contribution in [0.25, 0.3) is 0 Å². The molecular formula is C6H14N2O6S. The van der Waals surface area contributed by atoms with E-state index in [1.807, 2.05) is 4.72 Å². The van der Waals surface area contributed by atoms with Gasteiger partial charge in [0.2, 0.25) is 0 Å². The average molecular weight is 242 g/mol. The van der Waals surface area contributed by atoms with E-state index in [9.17, 15) is 13.2 Å². The van der Waals surface area contributed by atoms with Crippen LogP contribution in [0.2, 0.25) is 0 Å². The zero-order valence-corrected chi connectivity index (χ0v) is 9.04. The summed E-state index contributed by atoms with van der Waals surface area (Å²) in [6, 6.07) is 0. The number of nitrogens with one attached hydrogen (secondary N) is 2. The van der Waals surface area contributed by atoms with Crippen LogP contribution in [0, 0.1) is 0 Å². The third-order valence-corrected chi connectivity index (χ3v) is 2.20. The van der Waals surface area contributed by atoms with Crippen molar-refractivity contribution in [2.24, 2.45) is 0 Å². The van der Waals surface area contributed by atoms with E-state index in [2.05, 4.69) is 4.74 Å². The number of ether oxygens (including phenoxy) is 2. The van der Waals surface area contributed by atoms with Gasteiger partial charge in [0.1, 0.15) is 0 Å². The molecule has 0 heterocycles. The molecule has 0 atom stereocenters. The van der Waals surface area contributed by atoms with E-state index in [1.165, 1.54) is 0 Å². The van der Waals surface area contributed by atoms with Crippen LogP contribution >= 0.6 is 0 Å². The molecule has 90 valence electrons. The first-order valence-electron chi connectivity index (χ1n) is 4.06. The molecular weight excluding hydrogens is 228 g/mol. The number of rotatable bonds is 7. The molecule has 0 bridgehead atoms. The van der Waals surface area contributed by atoms with Gasteiger partial charge in [0, 0.05) is 6.54 Å². The number of aliphatic hydroxyl groups excluding tert-OH is 1. The number of carbonyl (C=O) groups is 1. The van der Waals surface area contributed by atoms with Crippen molar-refractivity contribution in [3.05, 3.63) is 0 Å². The van der Waals surface area contributed by atoms with Crippen molar-refractivity contribution >= 4 is 16.3 Å². The summed E-state index contributed by atoms with van der Waals surface area (Å²) in [4.78, 5) is 10.5. The van der Waals surface area contributed by atoms with E-state index >= 15 is 0 Å². The third-order valence-electron chi connectivity index (χ3n) is 1.18. The summed E-state index contributed by atoms with van der Waals surface area (Å²) < 4.78 is 34.5. The largest absolute Gasteiger partial charge is 0.452 e. The lowest BCUT2D eigenvalue weighted by atomic mass is 10.7. The van der Waals surface area contributed by atoms with Crippen molar-refractivity contribution in [2.45, 2.75) is 0 Å². The lowest BCUT2D eigenvalue weighted by Crippen LogP contribution is -2.41. The van der Waals surface area contributed by atoms with Crippen LogP contribution in [0.5, 0.6) is 0 Å². The number of carbonyl (C=O) groups excluding carboxylic acids is 1. The summed E-state index contributed by atoms with van der Waals surface area (Å²) in [5.41, 5.74) is 0. The Hall–Kier alpha value is -0.900. The standard InChI is InChI=1S/C6H14N2O6S/c1-13-6(10)8-15(11,12)7-2-4-14-5-3-9/h7,9H,2-5H2,1H3,(H,8,10). The molecule has 0 aliphatic rings. The van der Waals surface area contributed by atoms with Gasteiger partial charge in [0.25, 0.3) is 0 Å². The van der Waals surface area contributed by atoms with Crippen molar-refractivity contribution in [1.82, 2.24) is 9.44 Å². The fraction of sp³-hybridized carbons (Fsp3) is 0.833. The fourth-order valence-electron chi connectivity index (χ4n) is 0.602. The normalized spacial score (nSPS) is 11.1. The van der Waals surface area contributed by atoms with Crippen molar-refractivity contribution < 1.29 is 27.8 Å². The van der Waals surface area contributed by atoms with Crippen molar-refractivity contribution in [3.8, 4) is 0 Å². The maximum atomic E-state index is 11.0. The van der Waals surface area contributed by atoms with Crippen molar-refractivity contribution in [1.29, 1.82) is 0 Å². The van der Waals surface area contributed by atoms with Gasteiger partial charge in [0.15, 0.2) is 0 Å². The smallest absolute Gasteiger partial charge is 0.421 e. The summed E-state index contributed by atoms with van der Waals surface area (Å²) in [6.45, 7) is 0.0916. The second-order valence-electron chi connectivity index (χ2n) is 2.33. The Balaban J connectivity index is 3.70. The predicted molar refractivity (Wildman–Crippen MR) is 50.4 cm³/mol. The minimum Gasteiger partial charge on any atom is -0.452 e. The summed E-state index contributed by atoms with van der Waals surface area (Å²) >= 11 is 0. The van der Waals surface area contributed by atoms with E-state index in [4.69, 9.17) is 9.84 Å². The number of amides is 1. The molecule has 0 rings (SSSR count). The highest BCUT2D eigenvalue weighted by molar-refractivity contribution is 7.88. The third kappa shape index (κ3) is 8.12. The van der Waals surface area contributed by atoms with E-state index < -0.39 is 16.3 Å². The molecule has 0 fully saturated rings. The van der Waals surface area contributed by atoms with Gasteiger partial charge in [-0.1, -0.05) is 0 Å². The lowest BCUT2D eigenvalue weighted by molar-refractivity contribution is 0.0961. The molecule has 0 aromatic carbocycles. The van der Waals surface area contributed by atoms with Crippen molar-refractivity contribution in [3.63, 3.8) is 0 Å². The summed E-state index contributed by atoms with van der Waals surface area (Å²) in [6.07, 6.45) is -1.07. The lowest BCUT2D eigenvalue weighted by Gasteiger charge is -2.07. The summed E-state index contributed by atoms with van der Waals surface area (Å²) in [7, 11) is -2.85. The maximum absolute atomic E-state index is 11.0. The van der Waals surface area contributed by atoms with Crippen LogP contribution in [-0.2, 0) is 19.7 Å². The number of aliphatic hydroxyl groups is 1. The minimum absolute atomic E-state index is 0.00761. The first-order valence-corrected chi connectivity index (χ1v) is 5.54. The van der Waals surface area contributed by atoms with Crippen LogP contribution in [-0.4, -0.2) is 53.1 Å². The molecule has 0 aromatic rings. The van der Waals surface area contributed by atoms with Gasteiger partial charge in [-0.2, -0.15) is 13.1 Å². The molecule has 1 amide bonds. The quantitative estimate of drug-likeness (QED) is 0.453. The number of hydrogen-bond donors (Lipinski definition) is 3. The van der Waals surface area contributed by atoms with Gasteiger partial charge in [0.05, 0.1) is 26.9 Å². The Labute approximate surface area is 87.7 Å². The van der Waals surface area contributed by atoms with Gasteiger partial charge in [-0.25, -0.2) is 9.52 Å². The molecule has 0 aliphatic carbocycles. The molecule has 9 heteroatoms. The van der Waals surface area contributed by atoms with E-state index in [-0.39, 0.29) is 26.4 Å². The second-order valence-corrected chi connectivity index (χ2v) is 3.83. The zero-order chi connectivity index (χ0) is 11.7. The van der Waals surface area contributed by atoms with Crippen LogP contribution in [0.1, 0.15) is 0 Å². The molecule has 0 radical (unpaired) electrons. The average Bonchev–Trinajstić information content (AvgIpc) is 2.16. The molecule has 15 heavy (non-hydrogen) atoms. The molecule has 0 saturated heterocycles. The Morgan fingerprint density at radius 3 is 2.60 bits per heavy atom. The second kappa shape index (κ2) is 7.40. The van der Waals surface area contributed by atoms with Crippen molar-refractivity contribution in [2.75, 3.05) is 33.5 Å². The first kappa shape index (κ1) is 14.1. The molecule has 8 nitrogen and oxygen atoms in total. The Morgan fingerprint density at radius 1 is 1.40 bits per heavy atom. The molecule has 0 aromatic heterocycles. The summed E-state index contributed by atoms with van der Waals surface area (Å²) in [5, 5.41) is 8.34. The SMILES string of the molecule is COC(=O)NS(=O)(=O)NCCOCCO. The molecule has 0 unspecified atom stereocenters. The van der Waals surface area contributed by atoms with E-state index in [0.29, 0.717) is 0 Å². The minimum atomic E-state index is -3.90. The molecule has 3 N–H and O–H groups in total. The Kier molecular flexibility index (Phi) is 6.96. The molecule has 0 saturated carbocycles. The Bertz CT molecular complexity index is 277. The zero-order valence-electron chi connectivity index (χ0n) is 8.23. The highest BCUT2D eigenvalue weighted by Crippen LogP contribution is 1.80. The number of methoxy groups -OCH3 is 1. The van der Waals surface area contributed by atoms with Gasteiger partial charge in [-0.3, -0.25) is 0 Å². The Morgan fingerprint density at radius 2 is 2.07 bits per heavy atom. The highest BCUT2D eigenvalue weighted by Gasteiger charge is 2.12. The van der Waals surface area contributed by atoms with E-state index in [0.717, 1.165) is 7.11 Å².